The van der Waals surface area contributed by atoms with Crippen molar-refractivity contribution in [1.82, 2.24) is 9.29 Å². The fourth-order valence-electron chi connectivity index (χ4n) is 2.08. The second-order valence-electron chi connectivity index (χ2n) is 5.56. The Kier molecular flexibility index (Phi) is 3.61. The number of nitriles is 1. The maximum atomic E-state index is 12.4. The van der Waals surface area contributed by atoms with Gasteiger partial charge in [-0.15, -0.1) is 0 Å². The van der Waals surface area contributed by atoms with E-state index in [4.69, 9.17) is 5.26 Å². The number of hydrogen-bond donors (Lipinski definition) is 0. The van der Waals surface area contributed by atoms with Crippen molar-refractivity contribution in [2.24, 2.45) is 5.41 Å². The Labute approximate surface area is 113 Å². The van der Waals surface area contributed by atoms with E-state index in [9.17, 15) is 8.42 Å². The van der Waals surface area contributed by atoms with E-state index >= 15 is 0 Å². The average Bonchev–Trinajstić information content (AvgIpc) is 2.38. The van der Waals surface area contributed by atoms with Crippen molar-refractivity contribution >= 4 is 10.0 Å². The third kappa shape index (κ3) is 2.94. The van der Waals surface area contributed by atoms with Gasteiger partial charge in [-0.05, 0) is 30.4 Å². The lowest BCUT2D eigenvalue weighted by atomic mass is 9.83. The standard InChI is InChI=1S/C13H17N3O2S/c1-13(2)5-7-16(8-6-13)19(17,18)12-4-3-11(9-14)15-10-12/h3-4,10H,5-8H2,1-2H3. The predicted octanol–water partition coefficient (Wildman–Crippen LogP) is 1.76. The highest BCUT2D eigenvalue weighted by molar-refractivity contribution is 7.89. The molecule has 1 aliphatic heterocycles. The molecule has 0 aromatic carbocycles. The van der Waals surface area contributed by atoms with Crippen LogP contribution in [0.5, 0.6) is 0 Å². The van der Waals surface area contributed by atoms with Crippen LogP contribution in [0.2, 0.25) is 0 Å². The minimum absolute atomic E-state index is 0.159. The van der Waals surface area contributed by atoms with Crippen molar-refractivity contribution in [3.63, 3.8) is 0 Å². The molecule has 5 nitrogen and oxygen atoms in total. The summed E-state index contributed by atoms with van der Waals surface area (Å²) in [4.78, 5) is 3.98. The van der Waals surface area contributed by atoms with Crippen LogP contribution < -0.4 is 0 Å². The van der Waals surface area contributed by atoms with Crippen molar-refractivity contribution in [3.05, 3.63) is 24.0 Å². The molecule has 1 fully saturated rings. The monoisotopic (exact) mass is 279 g/mol. The number of aromatic nitrogens is 1. The third-order valence-electron chi connectivity index (χ3n) is 3.56. The molecule has 0 spiro atoms. The zero-order valence-corrected chi connectivity index (χ0v) is 11.9. The summed E-state index contributed by atoms with van der Waals surface area (Å²) < 4.78 is 26.3. The Hall–Kier alpha value is -1.45. The molecule has 1 aromatic heterocycles. The second kappa shape index (κ2) is 4.91. The predicted molar refractivity (Wildman–Crippen MR) is 70.7 cm³/mol. The molecule has 2 heterocycles. The van der Waals surface area contributed by atoms with Crippen LogP contribution in [0.4, 0.5) is 0 Å². The minimum atomic E-state index is -3.48. The van der Waals surface area contributed by atoms with E-state index in [1.165, 1.54) is 22.6 Å². The highest BCUT2D eigenvalue weighted by atomic mass is 32.2. The molecule has 0 radical (unpaired) electrons. The molecule has 2 rings (SSSR count). The van der Waals surface area contributed by atoms with Crippen LogP contribution >= 0.6 is 0 Å². The molecule has 102 valence electrons. The fourth-order valence-corrected chi connectivity index (χ4v) is 3.47. The van der Waals surface area contributed by atoms with Crippen LogP contribution in [0.25, 0.3) is 0 Å². The summed E-state index contributed by atoms with van der Waals surface area (Å²) in [6.07, 6.45) is 2.97. The molecule has 1 aliphatic rings. The van der Waals surface area contributed by atoms with Gasteiger partial charge in [-0.3, -0.25) is 0 Å². The van der Waals surface area contributed by atoms with E-state index in [1.807, 2.05) is 6.07 Å². The molecule has 0 saturated carbocycles. The molecule has 6 heteroatoms. The van der Waals surface area contributed by atoms with Gasteiger partial charge in [0.2, 0.25) is 10.0 Å². The molecule has 1 aromatic rings. The summed E-state index contributed by atoms with van der Waals surface area (Å²) in [5.74, 6) is 0. The van der Waals surface area contributed by atoms with E-state index in [-0.39, 0.29) is 16.0 Å². The van der Waals surface area contributed by atoms with Crippen molar-refractivity contribution in [2.45, 2.75) is 31.6 Å². The third-order valence-corrected chi connectivity index (χ3v) is 5.45. The summed E-state index contributed by atoms with van der Waals surface area (Å²) in [6, 6.07) is 4.75. The Morgan fingerprint density at radius 2 is 1.95 bits per heavy atom. The lowest BCUT2D eigenvalue weighted by Gasteiger charge is -2.36. The quantitative estimate of drug-likeness (QED) is 0.827. The van der Waals surface area contributed by atoms with E-state index < -0.39 is 10.0 Å². The van der Waals surface area contributed by atoms with Crippen molar-refractivity contribution in [2.75, 3.05) is 13.1 Å². The van der Waals surface area contributed by atoms with Crippen molar-refractivity contribution in [3.8, 4) is 6.07 Å². The molecule has 0 atom stereocenters. The molecule has 0 bridgehead atoms. The van der Waals surface area contributed by atoms with Crippen molar-refractivity contribution < 1.29 is 8.42 Å². The van der Waals surface area contributed by atoms with Crippen LogP contribution in [0.3, 0.4) is 0 Å². The van der Waals surface area contributed by atoms with Gasteiger partial charge in [-0.25, -0.2) is 13.4 Å². The van der Waals surface area contributed by atoms with E-state index in [0.717, 1.165) is 12.8 Å². The lowest BCUT2D eigenvalue weighted by molar-refractivity contribution is 0.196. The minimum Gasteiger partial charge on any atom is -0.244 e. The van der Waals surface area contributed by atoms with Gasteiger partial charge >= 0.3 is 0 Å². The van der Waals surface area contributed by atoms with Gasteiger partial charge in [0.15, 0.2) is 0 Å². The Balaban J connectivity index is 2.21. The Bertz CT molecular complexity index is 590. The number of sulfonamides is 1. The van der Waals surface area contributed by atoms with Gasteiger partial charge in [0.1, 0.15) is 16.7 Å². The van der Waals surface area contributed by atoms with Crippen LogP contribution in [-0.4, -0.2) is 30.8 Å². The van der Waals surface area contributed by atoms with Gasteiger partial charge in [-0.2, -0.15) is 9.57 Å². The summed E-state index contributed by atoms with van der Waals surface area (Å²) in [5.41, 5.74) is 0.424. The van der Waals surface area contributed by atoms with Gasteiger partial charge in [0.25, 0.3) is 0 Å². The molecule has 1 saturated heterocycles. The number of piperidine rings is 1. The first-order chi connectivity index (χ1) is 8.85. The van der Waals surface area contributed by atoms with E-state index in [2.05, 4.69) is 18.8 Å². The summed E-state index contributed by atoms with van der Waals surface area (Å²) in [5, 5.41) is 8.67. The molecular formula is C13H17N3O2S. The largest absolute Gasteiger partial charge is 0.244 e. The fraction of sp³-hybridized carbons (Fsp3) is 0.538. The zero-order chi connectivity index (χ0) is 14.1. The number of rotatable bonds is 2. The lowest BCUT2D eigenvalue weighted by Crippen LogP contribution is -2.41. The maximum absolute atomic E-state index is 12.4. The molecular weight excluding hydrogens is 262 g/mol. The topological polar surface area (TPSA) is 74.1 Å². The summed E-state index contributed by atoms with van der Waals surface area (Å²) in [6.45, 7) is 5.38. The van der Waals surface area contributed by atoms with E-state index in [0.29, 0.717) is 13.1 Å². The van der Waals surface area contributed by atoms with Gasteiger partial charge < -0.3 is 0 Å². The molecule has 0 aliphatic carbocycles. The number of hydrogen-bond acceptors (Lipinski definition) is 4. The first-order valence-electron chi connectivity index (χ1n) is 6.21. The van der Waals surface area contributed by atoms with Crippen molar-refractivity contribution in [1.29, 1.82) is 5.26 Å². The van der Waals surface area contributed by atoms with Crippen LogP contribution in [0, 0.1) is 16.7 Å². The first-order valence-corrected chi connectivity index (χ1v) is 7.65. The SMILES string of the molecule is CC1(C)CCN(S(=O)(=O)c2ccc(C#N)nc2)CC1. The second-order valence-corrected chi connectivity index (χ2v) is 7.50. The van der Waals surface area contributed by atoms with Crippen LogP contribution in [0.15, 0.2) is 23.2 Å². The van der Waals surface area contributed by atoms with Gasteiger partial charge in [-0.1, -0.05) is 13.8 Å². The number of nitrogens with zero attached hydrogens (tertiary/aromatic N) is 3. The summed E-state index contributed by atoms with van der Waals surface area (Å²) in [7, 11) is -3.48. The molecule has 0 amide bonds. The zero-order valence-electron chi connectivity index (χ0n) is 11.1. The molecule has 0 N–H and O–H groups in total. The van der Waals surface area contributed by atoms with Crippen LogP contribution in [0.1, 0.15) is 32.4 Å². The van der Waals surface area contributed by atoms with E-state index in [1.54, 1.807) is 0 Å². The number of pyridine rings is 1. The molecule has 0 unspecified atom stereocenters. The average molecular weight is 279 g/mol. The highest BCUT2D eigenvalue weighted by Gasteiger charge is 2.32. The van der Waals surface area contributed by atoms with Crippen LogP contribution in [-0.2, 0) is 10.0 Å². The van der Waals surface area contributed by atoms with Gasteiger partial charge in [0.05, 0.1) is 0 Å². The summed E-state index contributed by atoms with van der Waals surface area (Å²) >= 11 is 0. The Morgan fingerprint density at radius 3 is 2.42 bits per heavy atom. The Morgan fingerprint density at radius 1 is 1.32 bits per heavy atom. The normalized spacial score (nSPS) is 19.8. The molecule has 19 heavy (non-hydrogen) atoms. The first kappa shape index (κ1) is 14.0. The highest BCUT2D eigenvalue weighted by Crippen LogP contribution is 2.32. The maximum Gasteiger partial charge on any atom is 0.244 e. The van der Waals surface area contributed by atoms with Gasteiger partial charge in [0, 0.05) is 19.3 Å². The smallest absolute Gasteiger partial charge is 0.244 e.